The van der Waals surface area contributed by atoms with Gasteiger partial charge in [0.25, 0.3) is 0 Å². The first-order chi connectivity index (χ1) is 10.8. The minimum Gasteiger partial charge on any atom is -0.542 e. The van der Waals surface area contributed by atoms with Crippen LogP contribution in [0.3, 0.4) is 0 Å². The normalized spacial score (nSPS) is 12.3. The van der Waals surface area contributed by atoms with Crippen molar-refractivity contribution in [2.24, 2.45) is 0 Å². The molecule has 0 aliphatic heterocycles. The van der Waals surface area contributed by atoms with Crippen molar-refractivity contribution >= 4 is 17.1 Å². The molecule has 0 radical (unpaired) electrons. The van der Waals surface area contributed by atoms with Gasteiger partial charge in [-0.3, -0.25) is 0 Å². The number of aryl methyl sites for hydroxylation is 1. The van der Waals surface area contributed by atoms with Crippen LogP contribution in [0, 0.1) is 0 Å². The minimum atomic E-state index is -2.49. The smallest absolute Gasteiger partial charge is 0.500 e. The maximum absolute atomic E-state index is 6.05. The molecule has 132 valence electrons. The SMILES string of the molecule is COc1cc(CCC[Si](OC)(OC)OC)ccc1O[Si](C)(C)C. The third-order valence-corrected chi connectivity index (χ3v) is 7.19. The molecule has 0 aromatic heterocycles. The van der Waals surface area contributed by atoms with Gasteiger partial charge in [0.15, 0.2) is 5.75 Å². The van der Waals surface area contributed by atoms with E-state index in [1.54, 1.807) is 28.4 Å². The Morgan fingerprint density at radius 1 is 0.870 bits per heavy atom. The molecule has 0 aliphatic rings. The Kier molecular flexibility index (Phi) is 7.75. The molecule has 1 rings (SSSR count). The first-order valence-electron chi connectivity index (χ1n) is 7.80. The number of rotatable bonds is 10. The van der Waals surface area contributed by atoms with E-state index in [0.717, 1.165) is 30.4 Å². The number of ether oxygens (including phenoxy) is 1. The van der Waals surface area contributed by atoms with E-state index in [4.69, 9.17) is 22.4 Å². The van der Waals surface area contributed by atoms with Crippen LogP contribution in [0.4, 0.5) is 0 Å². The summed E-state index contributed by atoms with van der Waals surface area (Å²) in [6.07, 6.45) is 1.84. The van der Waals surface area contributed by atoms with E-state index in [9.17, 15) is 0 Å². The lowest BCUT2D eigenvalue weighted by Gasteiger charge is -2.24. The van der Waals surface area contributed by atoms with Gasteiger partial charge in [-0.2, -0.15) is 0 Å². The topological polar surface area (TPSA) is 46.2 Å². The molecule has 0 spiro atoms. The van der Waals surface area contributed by atoms with Crippen LogP contribution in [0.2, 0.25) is 25.7 Å². The molecule has 0 fully saturated rings. The molecular weight excluding hydrogens is 328 g/mol. The van der Waals surface area contributed by atoms with E-state index in [1.807, 2.05) is 12.1 Å². The van der Waals surface area contributed by atoms with Gasteiger partial charge in [0.2, 0.25) is 8.32 Å². The summed E-state index contributed by atoms with van der Waals surface area (Å²) in [4.78, 5) is 0. The zero-order chi connectivity index (χ0) is 17.5. The van der Waals surface area contributed by atoms with Gasteiger partial charge >= 0.3 is 8.80 Å². The van der Waals surface area contributed by atoms with E-state index in [2.05, 4.69) is 25.7 Å². The standard InChI is InChI=1S/C16H30O5Si2/c1-17-16-13-14(10-11-15(16)21-22(5,6)7)9-8-12-23(18-2,19-3)20-4/h10-11,13H,8-9,12H2,1-7H3. The number of hydrogen-bond acceptors (Lipinski definition) is 5. The third-order valence-electron chi connectivity index (χ3n) is 3.53. The quantitative estimate of drug-likeness (QED) is 0.597. The Hall–Kier alpha value is -0.866. The van der Waals surface area contributed by atoms with Crippen molar-refractivity contribution in [2.45, 2.75) is 38.5 Å². The molecule has 0 heterocycles. The lowest BCUT2D eigenvalue weighted by molar-refractivity contribution is 0.123. The van der Waals surface area contributed by atoms with Gasteiger partial charge in [0.1, 0.15) is 5.75 Å². The molecule has 0 bridgehead atoms. The van der Waals surface area contributed by atoms with Crippen LogP contribution < -0.4 is 9.16 Å². The molecule has 23 heavy (non-hydrogen) atoms. The van der Waals surface area contributed by atoms with Crippen LogP contribution in [0.15, 0.2) is 18.2 Å². The van der Waals surface area contributed by atoms with Crippen LogP contribution in [-0.4, -0.2) is 45.6 Å². The van der Waals surface area contributed by atoms with Crippen LogP contribution in [-0.2, 0) is 19.7 Å². The van der Waals surface area contributed by atoms with Crippen molar-refractivity contribution in [3.63, 3.8) is 0 Å². The Labute approximate surface area is 142 Å². The van der Waals surface area contributed by atoms with Crippen molar-refractivity contribution in [2.75, 3.05) is 28.4 Å². The largest absolute Gasteiger partial charge is 0.542 e. The summed E-state index contributed by atoms with van der Waals surface area (Å²) in [7, 11) is 2.47. The lowest BCUT2D eigenvalue weighted by atomic mass is 10.1. The Morgan fingerprint density at radius 2 is 1.48 bits per heavy atom. The molecule has 5 nitrogen and oxygen atoms in total. The van der Waals surface area contributed by atoms with Crippen LogP contribution >= 0.6 is 0 Å². The van der Waals surface area contributed by atoms with E-state index in [1.165, 1.54) is 5.56 Å². The molecule has 0 amide bonds. The predicted octanol–water partition coefficient (Wildman–Crippen LogP) is 3.72. The lowest BCUT2D eigenvalue weighted by Crippen LogP contribution is -2.42. The highest BCUT2D eigenvalue weighted by atomic mass is 28.4. The van der Waals surface area contributed by atoms with Crippen LogP contribution in [0.5, 0.6) is 11.5 Å². The monoisotopic (exact) mass is 358 g/mol. The molecule has 0 saturated heterocycles. The fourth-order valence-corrected chi connectivity index (χ4v) is 4.90. The Balaban J connectivity index is 2.72. The summed E-state index contributed by atoms with van der Waals surface area (Å²) >= 11 is 0. The fraction of sp³-hybridized carbons (Fsp3) is 0.625. The molecule has 0 N–H and O–H groups in total. The zero-order valence-corrected chi connectivity index (χ0v) is 17.4. The van der Waals surface area contributed by atoms with Gasteiger partial charge in [-0.05, 0) is 50.2 Å². The van der Waals surface area contributed by atoms with Gasteiger partial charge in [0.05, 0.1) is 7.11 Å². The zero-order valence-electron chi connectivity index (χ0n) is 15.4. The highest BCUT2D eigenvalue weighted by Crippen LogP contribution is 2.31. The van der Waals surface area contributed by atoms with Gasteiger partial charge < -0.3 is 22.4 Å². The molecule has 0 unspecified atom stereocenters. The van der Waals surface area contributed by atoms with Crippen molar-refractivity contribution in [1.82, 2.24) is 0 Å². The molecule has 0 saturated carbocycles. The molecular formula is C16H30O5Si2. The third kappa shape index (κ3) is 6.27. The molecule has 0 atom stereocenters. The summed E-state index contributed by atoms with van der Waals surface area (Å²) in [5.74, 6) is 1.61. The van der Waals surface area contributed by atoms with E-state index in [-0.39, 0.29) is 0 Å². The van der Waals surface area contributed by atoms with Crippen molar-refractivity contribution in [3.05, 3.63) is 23.8 Å². The van der Waals surface area contributed by atoms with Crippen molar-refractivity contribution in [1.29, 1.82) is 0 Å². The summed E-state index contributed by atoms with van der Waals surface area (Å²) < 4.78 is 27.9. The highest BCUT2D eigenvalue weighted by Gasteiger charge is 2.36. The second-order valence-electron chi connectivity index (χ2n) is 6.35. The second kappa shape index (κ2) is 8.84. The van der Waals surface area contributed by atoms with Crippen LogP contribution in [0.1, 0.15) is 12.0 Å². The predicted molar refractivity (Wildman–Crippen MR) is 96.9 cm³/mol. The molecule has 0 aliphatic carbocycles. The number of benzene rings is 1. The Bertz CT molecular complexity index is 476. The van der Waals surface area contributed by atoms with Crippen molar-refractivity contribution in [3.8, 4) is 11.5 Å². The molecule has 1 aromatic rings. The van der Waals surface area contributed by atoms with E-state index >= 15 is 0 Å². The number of methoxy groups -OCH3 is 1. The second-order valence-corrected chi connectivity index (χ2v) is 13.9. The first kappa shape index (κ1) is 20.2. The van der Waals surface area contributed by atoms with Gasteiger partial charge in [-0.15, -0.1) is 0 Å². The average molecular weight is 359 g/mol. The maximum Gasteiger partial charge on any atom is 0.500 e. The van der Waals surface area contributed by atoms with Gasteiger partial charge in [-0.1, -0.05) is 6.07 Å². The van der Waals surface area contributed by atoms with Crippen LogP contribution in [0.25, 0.3) is 0 Å². The maximum atomic E-state index is 6.05. The molecule has 1 aromatic carbocycles. The average Bonchev–Trinajstić information content (AvgIpc) is 2.52. The van der Waals surface area contributed by atoms with Gasteiger partial charge in [-0.25, -0.2) is 0 Å². The number of hydrogen-bond donors (Lipinski definition) is 0. The summed E-state index contributed by atoms with van der Waals surface area (Å²) in [6, 6.07) is 6.92. The highest BCUT2D eigenvalue weighted by molar-refractivity contribution is 6.70. The summed E-state index contributed by atoms with van der Waals surface area (Å²) in [5.41, 5.74) is 1.20. The molecule has 7 heteroatoms. The Morgan fingerprint density at radius 3 is 1.96 bits per heavy atom. The summed E-state index contributed by atoms with van der Waals surface area (Å²) in [5, 5.41) is 0. The summed E-state index contributed by atoms with van der Waals surface area (Å²) in [6.45, 7) is 6.47. The minimum absolute atomic E-state index is 0.784. The first-order valence-corrected chi connectivity index (χ1v) is 13.1. The van der Waals surface area contributed by atoms with E-state index < -0.39 is 17.1 Å². The fourth-order valence-electron chi connectivity index (χ4n) is 2.35. The van der Waals surface area contributed by atoms with Crippen molar-refractivity contribution < 1.29 is 22.4 Å². The van der Waals surface area contributed by atoms with E-state index in [0.29, 0.717) is 0 Å². The van der Waals surface area contributed by atoms with Gasteiger partial charge in [0, 0.05) is 27.4 Å².